The molecule has 2 aliphatic rings. The summed E-state index contributed by atoms with van der Waals surface area (Å²) in [7, 11) is 0. The van der Waals surface area contributed by atoms with Crippen molar-refractivity contribution >= 4 is 52.0 Å². The summed E-state index contributed by atoms with van der Waals surface area (Å²) in [5.74, 6) is 0.0547. The number of nitrogens with one attached hydrogen (secondary N) is 2. The molecule has 2 N–H and O–H groups in total. The molecule has 0 saturated carbocycles. The Kier molecular flexibility index (Phi) is 6.74. The molecule has 4 heterocycles. The first-order valence-electron chi connectivity index (χ1n) is 10.7. The average Bonchev–Trinajstić information content (AvgIpc) is 3.03. The number of hydrogen-bond acceptors (Lipinski definition) is 8. The Morgan fingerprint density at radius 2 is 2.00 bits per heavy atom. The molecular weight excluding hydrogens is 489 g/mol. The van der Waals surface area contributed by atoms with Crippen LogP contribution in [0.15, 0.2) is 9.95 Å². The van der Waals surface area contributed by atoms with Gasteiger partial charge in [0.05, 0.1) is 12.1 Å². The van der Waals surface area contributed by atoms with Gasteiger partial charge < -0.3 is 19.8 Å². The summed E-state index contributed by atoms with van der Waals surface area (Å²) in [6.45, 7) is 8.06. The first kappa shape index (κ1) is 24.4. The minimum absolute atomic E-state index is 0.00411. The van der Waals surface area contributed by atoms with Crippen molar-refractivity contribution in [3.63, 3.8) is 0 Å². The van der Waals surface area contributed by atoms with Crippen molar-refractivity contribution in [1.29, 1.82) is 0 Å². The summed E-state index contributed by atoms with van der Waals surface area (Å²) < 4.78 is 11.8. The highest BCUT2D eigenvalue weighted by Crippen LogP contribution is 2.36. The number of fused-ring (bicyclic) bond motifs is 3. The largest absolute Gasteiger partial charge is 0.472 e. The molecule has 0 aliphatic carbocycles. The SMILES string of the molecule is CSc1nc2c(Cl)c(Cl)nc(O[C@@H](C)[C@H]3NC[C@H]4CC[C@@H]3N4C(=O)OC(C)(C)C)c2c(=O)[nH]1. The predicted octanol–water partition coefficient (Wildman–Crippen LogP) is 3.85. The van der Waals surface area contributed by atoms with Crippen LogP contribution >= 0.6 is 35.0 Å². The zero-order valence-corrected chi connectivity index (χ0v) is 21.4. The van der Waals surface area contributed by atoms with Crippen molar-refractivity contribution in [3.8, 4) is 5.88 Å². The van der Waals surface area contributed by atoms with Gasteiger partial charge in [-0.15, -0.1) is 0 Å². The Morgan fingerprint density at radius 3 is 2.67 bits per heavy atom. The lowest BCUT2D eigenvalue weighted by atomic mass is 10.0. The highest BCUT2D eigenvalue weighted by molar-refractivity contribution is 7.98. The van der Waals surface area contributed by atoms with E-state index < -0.39 is 17.3 Å². The standard InChI is InChI=1S/C21H27Cl2N5O4S/c1-9(14-11-7-6-10(8-24-14)28(11)20(30)32-21(2,3)4)31-18-12-15(13(22)16(23)26-18)25-19(33-5)27-17(12)29/h9-11,14,24H,6-8H2,1-5H3,(H,25,27,29)/t9-,10+,11-,14+/m0/s1. The van der Waals surface area contributed by atoms with E-state index in [9.17, 15) is 9.59 Å². The Bertz CT molecular complexity index is 1140. The molecule has 0 spiro atoms. The number of thioether (sulfide) groups is 1. The topological polar surface area (TPSA) is 109 Å². The van der Waals surface area contributed by atoms with Crippen molar-refractivity contribution in [2.45, 2.75) is 75.5 Å². The number of aromatic amines is 1. The fourth-order valence-electron chi connectivity index (χ4n) is 4.48. The Balaban J connectivity index is 1.63. The number of halogens is 2. The van der Waals surface area contributed by atoms with E-state index in [4.69, 9.17) is 32.7 Å². The number of nitrogens with zero attached hydrogens (tertiary/aromatic N) is 3. The number of hydrogen-bond donors (Lipinski definition) is 2. The van der Waals surface area contributed by atoms with Gasteiger partial charge in [0.15, 0.2) is 10.3 Å². The van der Waals surface area contributed by atoms with Crippen molar-refractivity contribution in [3.05, 3.63) is 20.5 Å². The molecule has 0 radical (unpaired) electrons. The van der Waals surface area contributed by atoms with Gasteiger partial charge in [0.2, 0.25) is 5.88 Å². The summed E-state index contributed by atoms with van der Waals surface area (Å²) >= 11 is 13.8. The highest BCUT2D eigenvalue weighted by atomic mass is 35.5. The van der Waals surface area contributed by atoms with E-state index in [-0.39, 0.29) is 51.2 Å². The maximum absolute atomic E-state index is 12.9. The van der Waals surface area contributed by atoms with Crippen LogP contribution in [0.2, 0.25) is 10.2 Å². The van der Waals surface area contributed by atoms with E-state index >= 15 is 0 Å². The van der Waals surface area contributed by atoms with Crippen LogP contribution < -0.4 is 15.6 Å². The van der Waals surface area contributed by atoms with Gasteiger partial charge in [0.1, 0.15) is 27.6 Å². The van der Waals surface area contributed by atoms with Crippen LogP contribution in [0, 0.1) is 0 Å². The van der Waals surface area contributed by atoms with Gasteiger partial charge in [-0.2, -0.15) is 4.98 Å². The van der Waals surface area contributed by atoms with Crippen LogP contribution in [-0.4, -0.2) is 68.6 Å². The maximum Gasteiger partial charge on any atom is 0.410 e. The average molecular weight is 516 g/mol. The second kappa shape index (κ2) is 9.13. The number of rotatable bonds is 4. The molecule has 2 bridgehead atoms. The van der Waals surface area contributed by atoms with Crippen LogP contribution in [0.3, 0.4) is 0 Å². The number of H-pyrrole nitrogens is 1. The third-order valence-corrected chi connectivity index (χ3v) is 7.16. The molecule has 0 aromatic carbocycles. The van der Waals surface area contributed by atoms with E-state index in [0.717, 1.165) is 12.8 Å². The van der Waals surface area contributed by atoms with Gasteiger partial charge in [-0.1, -0.05) is 35.0 Å². The lowest BCUT2D eigenvalue weighted by Crippen LogP contribution is -2.64. The van der Waals surface area contributed by atoms with Crippen LogP contribution in [-0.2, 0) is 4.74 Å². The van der Waals surface area contributed by atoms with E-state index in [1.165, 1.54) is 11.8 Å². The second-order valence-electron chi connectivity index (χ2n) is 9.26. The summed E-state index contributed by atoms with van der Waals surface area (Å²) in [6, 6.07) is -0.225. The van der Waals surface area contributed by atoms with Crippen molar-refractivity contribution in [2.75, 3.05) is 12.8 Å². The number of amides is 1. The fraction of sp³-hybridized carbons (Fsp3) is 0.619. The van der Waals surface area contributed by atoms with E-state index in [1.54, 1.807) is 6.26 Å². The number of ether oxygens (including phenoxy) is 2. The number of piperazine rings is 1. The lowest BCUT2D eigenvalue weighted by molar-refractivity contribution is -0.00491. The molecule has 0 unspecified atom stereocenters. The lowest BCUT2D eigenvalue weighted by Gasteiger charge is -2.42. The van der Waals surface area contributed by atoms with Gasteiger partial charge in [-0.3, -0.25) is 9.69 Å². The number of aromatic nitrogens is 3. The molecule has 2 saturated heterocycles. The number of carbonyl (C=O) groups excluding carboxylic acids is 1. The number of carbonyl (C=O) groups is 1. The molecule has 2 aliphatic heterocycles. The van der Waals surface area contributed by atoms with E-state index in [1.807, 2.05) is 32.6 Å². The quantitative estimate of drug-likeness (QED) is 0.358. The molecule has 4 atom stereocenters. The van der Waals surface area contributed by atoms with Crippen molar-refractivity contribution in [2.24, 2.45) is 0 Å². The molecular formula is C21H27Cl2N5O4S. The Morgan fingerprint density at radius 1 is 1.27 bits per heavy atom. The predicted molar refractivity (Wildman–Crippen MR) is 129 cm³/mol. The summed E-state index contributed by atoms with van der Waals surface area (Å²) in [5, 5.41) is 4.14. The van der Waals surface area contributed by atoms with Gasteiger partial charge >= 0.3 is 6.09 Å². The van der Waals surface area contributed by atoms with Crippen LogP contribution in [0.5, 0.6) is 5.88 Å². The Labute approximate surface area is 205 Å². The smallest absolute Gasteiger partial charge is 0.410 e. The normalized spacial score (nSPS) is 23.6. The molecule has 9 nitrogen and oxygen atoms in total. The molecule has 2 fully saturated rings. The van der Waals surface area contributed by atoms with Crippen molar-refractivity contribution in [1.82, 2.24) is 25.2 Å². The van der Waals surface area contributed by atoms with E-state index in [0.29, 0.717) is 11.7 Å². The molecule has 4 rings (SSSR count). The van der Waals surface area contributed by atoms with Crippen molar-refractivity contribution < 1.29 is 14.3 Å². The molecule has 12 heteroatoms. The van der Waals surface area contributed by atoms with Crippen LogP contribution in [0.1, 0.15) is 40.5 Å². The third-order valence-electron chi connectivity index (χ3n) is 5.85. The zero-order chi connectivity index (χ0) is 24.1. The molecule has 33 heavy (non-hydrogen) atoms. The minimum atomic E-state index is -0.578. The molecule has 180 valence electrons. The Hall–Kier alpha value is -1.75. The number of pyridine rings is 1. The van der Waals surface area contributed by atoms with Gasteiger partial charge in [0, 0.05) is 12.6 Å². The highest BCUT2D eigenvalue weighted by Gasteiger charge is 2.48. The van der Waals surface area contributed by atoms with Crippen LogP contribution in [0.4, 0.5) is 4.79 Å². The van der Waals surface area contributed by atoms with Gasteiger partial charge in [0.25, 0.3) is 5.56 Å². The molecule has 1 amide bonds. The van der Waals surface area contributed by atoms with Gasteiger partial charge in [-0.05, 0) is 46.8 Å². The third kappa shape index (κ3) is 4.76. The summed E-state index contributed by atoms with van der Waals surface area (Å²) in [5.41, 5.74) is -0.753. The second-order valence-corrected chi connectivity index (χ2v) is 10.8. The minimum Gasteiger partial charge on any atom is -0.472 e. The monoisotopic (exact) mass is 515 g/mol. The van der Waals surface area contributed by atoms with Crippen LogP contribution in [0.25, 0.3) is 10.9 Å². The summed E-state index contributed by atoms with van der Waals surface area (Å²) in [4.78, 5) is 38.8. The molecule has 2 aromatic heterocycles. The van der Waals surface area contributed by atoms with E-state index in [2.05, 4.69) is 20.3 Å². The molecule has 2 aromatic rings. The fourth-order valence-corrected chi connectivity index (χ4v) is 5.21. The van der Waals surface area contributed by atoms with Gasteiger partial charge in [-0.25, -0.2) is 9.78 Å². The first-order chi connectivity index (χ1) is 15.5. The summed E-state index contributed by atoms with van der Waals surface area (Å²) in [6.07, 6.45) is 2.74. The maximum atomic E-state index is 12.9. The zero-order valence-electron chi connectivity index (χ0n) is 19.1. The first-order valence-corrected chi connectivity index (χ1v) is 12.7.